The molecule has 182 valence electrons. The highest BCUT2D eigenvalue weighted by molar-refractivity contribution is 5.91. The van der Waals surface area contributed by atoms with Crippen LogP contribution in [-0.4, -0.2) is 85.0 Å². The van der Waals surface area contributed by atoms with E-state index in [9.17, 15) is 40.2 Å². The molecule has 0 saturated carbocycles. The van der Waals surface area contributed by atoms with Crippen LogP contribution in [0.2, 0.25) is 0 Å². The van der Waals surface area contributed by atoms with Crippen molar-refractivity contribution in [1.82, 2.24) is 0 Å². The lowest BCUT2D eigenvalue weighted by Gasteiger charge is -2.39. The third kappa shape index (κ3) is 5.74. The van der Waals surface area contributed by atoms with E-state index in [0.717, 1.165) is 18.2 Å². The van der Waals surface area contributed by atoms with Crippen molar-refractivity contribution in [2.24, 2.45) is 0 Å². The van der Waals surface area contributed by atoms with Gasteiger partial charge in [-0.2, -0.15) is 0 Å². The molecule has 0 spiro atoms. The van der Waals surface area contributed by atoms with Crippen molar-refractivity contribution in [2.45, 2.75) is 30.7 Å². The van der Waals surface area contributed by atoms with Gasteiger partial charge in [0.1, 0.15) is 36.8 Å². The number of aliphatic carboxylic acids is 1. The van der Waals surface area contributed by atoms with Crippen molar-refractivity contribution in [1.29, 1.82) is 0 Å². The predicted molar refractivity (Wildman–Crippen MR) is 112 cm³/mol. The summed E-state index contributed by atoms with van der Waals surface area (Å²) < 4.78 is 16.0. The summed E-state index contributed by atoms with van der Waals surface area (Å²) in [5.41, 5.74) is 0.259. The van der Waals surface area contributed by atoms with Crippen molar-refractivity contribution in [3.8, 4) is 23.0 Å². The van der Waals surface area contributed by atoms with E-state index in [2.05, 4.69) is 0 Å². The molecule has 12 heteroatoms. The van der Waals surface area contributed by atoms with Gasteiger partial charge in [0.25, 0.3) is 0 Å². The Hall–Kier alpha value is -3.84. The first-order valence-electron chi connectivity index (χ1n) is 9.86. The number of hydrogen-bond acceptors (Lipinski definition) is 11. The van der Waals surface area contributed by atoms with Crippen molar-refractivity contribution >= 4 is 18.0 Å². The second-order valence-corrected chi connectivity index (χ2v) is 7.33. The molecule has 1 aliphatic rings. The van der Waals surface area contributed by atoms with Gasteiger partial charge in [0.15, 0.2) is 17.2 Å². The molecule has 0 radical (unpaired) electrons. The summed E-state index contributed by atoms with van der Waals surface area (Å²) in [6, 6.07) is 7.72. The van der Waals surface area contributed by atoms with Gasteiger partial charge in [-0.3, -0.25) is 0 Å². The van der Waals surface area contributed by atoms with Crippen LogP contribution >= 0.6 is 0 Å². The molecule has 1 aliphatic heterocycles. The average Bonchev–Trinajstić information content (AvgIpc) is 2.81. The van der Waals surface area contributed by atoms with Crippen LogP contribution in [0.4, 0.5) is 0 Å². The lowest BCUT2D eigenvalue weighted by Crippen LogP contribution is -2.60. The van der Waals surface area contributed by atoms with Crippen LogP contribution in [0.25, 0.3) is 6.08 Å². The number of phenolic OH excluding ortho intramolecular Hbond substituents is 3. The number of ether oxygens (including phenoxy) is 3. The summed E-state index contributed by atoms with van der Waals surface area (Å²) in [4.78, 5) is 22.8. The average molecular weight is 478 g/mol. The quantitative estimate of drug-likeness (QED) is 0.159. The zero-order valence-electron chi connectivity index (χ0n) is 17.4. The number of carboxylic acid groups (broad SMARTS) is 1. The number of aliphatic hydroxyl groups is 3. The van der Waals surface area contributed by atoms with Crippen LogP contribution in [0.15, 0.2) is 42.5 Å². The van der Waals surface area contributed by atoms with Gasteiger partial charge in [0.2, 0.25) is 6.29 Å². The van der Waals surface area contributed by atoms with Crippen molar-refractivity contribution in [3.05, 3.63) is 53.6 Å². The predicted octanol–water partition coefficient (Wildman–Crippen LogP) is -0.0554. The first-order chi connectivity index (χ1) is 16.1. The Morgan fingerprint density at radius 1 is 0.941 bits per heavy atom. The Morgan fingerprint density at radius 2 is 1.56 bits per heavy atom. The molecule has 1 saturated heterocycles. The number of aliphatic hydroxyl groups excluding tert-OH is 3. The van der Waals surface area contributed by atoms with E-state index >= 15 is 0 Å². The smallest absolute Gasteiger partial charge is 0.338 e. The van der Waals surface area contributed by atoms with E-state index in [1.165, 1.54) is 30.3 Å². The number of aromatic hydroxyl groups is 3. The molecule has 3 rings (SSSR count). The fourth-order valence-electron chi connectivity index (χ4n) is 3.07. The minimum Gasteiger partial charge on any atom is -0.504 e. The van der Waals surface area contributed by atoms with Gasteiger partial charge in [-0.1, -0.05) is 12.1 Å². The SMILES string of the molecule is O=C(O)C=Cc1ccc(OC2OC(COC(=O)c3cc(O)c(O)c(O)c3)C(O)C(O)C2O)cc1. The Bertz CT molecular complexity index is 1040. The number of phenols is 3. The third-order valence-corrected chi connectivity index (χ3v) is 4.90. The van der Waals surface area contributed by atoms with Crippen molar-refractivity contribution in [3.63, 3.8) is 0 Å². The molecule has 0 bridgehead atoms. The van der Waals surface area contributed by atoms with E-state index < -0.39 is 66.5 Å². The van der Waals surface area contributed by atoms with Gasteiger partial charge in [-0.15, -0.1) is 0 Å². The number of carbonyl (C=O) groups is 2. The largest absolute Gasteiger partial charge is 0.504 e. The van der Waals surface area contributed by atoms with Crippen molar-refractivity contribution in [2.75, 3.05) is 6.61 Å². The third-order valence-electron chi connectivity index (χ3n) is 4.90. The Labute approximate surface area is 192 Å². The van der Waals surface area contributed by atoms with E-state index in [1.807, 2.05) is 0 Å². The highest BCUT2D eigenvalue weighted by Crippen LogP contribution is 2.35. The summed E-state index contributed by atoms with van der Waals surface area (Å²) >= 11 is 0. The van der Waals surface area contributed by atoms with E-state index in [-0.39, 0.29) is 11.3 Å². The minimum atomic E-state index is -1.71. The van der Waals surface area contributed by atoms with Gasteiger partial charge in [-0.25, -0.2) is 9.59 Å². The topological polar surface area (TPSA) is 203 Å². The molecule has 5 unspecified atom stereocenters. The Kier molecular flexibility index (Phi) is 7.58. The molecule has 34 heavy (non-hydrogen) atoms. The van der Waals surface area contributed by atoms with Crippen LogP contribution < -0.4 is 4.74 Å². The number of esters is 1. The highest BCUT2D eigenvalue weighted by atomic mass is 16.7. The van der Waals surface area contributed by atoms with Crippen molar-refractivity contribution < 1.29 is 59.5 Å². The van der Waals surface area contributed by atoms with Crippen LogP contribution in [0.3, 0.4) is 0 Å². The molecular weight excluding hydrogens is 456 g/mol. The van der Waals surface area contributed by atoms with Gasteiger partial charge < -0.3 is 50.0 Å². The summed E-state index contributed by atoms with van der Waals surface area (Å²) in [5, 5.41) is 67.6. The summed E-state index contributed by atoms with van der Waals surface area (Å²) in [7, 11) is 0. The zero-order valence-corrected chi connectivity index (χ0v) is 17.4. The normalized spacial score (nSPS) is 24.6. The van der Waals surface area contributed by atoms with E-state index in [0.29, 0.717) is 5.56 Å². The van der Waals surface area contributed by atoms with E-state index in [1.54, 1.807) is 0 Å². The molecular formula is C22H22O12. The standard InChI is InChI=1S/C22H22O12/c23-13-7-11(8-14(24)17(13)27)21(31)32-9-15-18(28)19(29)20(30)22(34-15)33-12-4-1-10(2-5-12)3-6-16(25)26/h1-8,15,18-20,22-24,27-30H,9H2,(H,25,26). The maximum absolute atomic E-state index is 12.2. The van der Waals surface area contributed by atoms with Crippen LogP contribution in [0.1, 0.15) is 15.9 Å². The van der Waals surface area contributed by atoms with Crippen LogP contribution in [0.5, 0.6) is 23.0 Å². The summed E-state index contributed by atoms with van der Waals surface area (Å²) in [5.74, 6) is -4.27. The Morgan fingerprint density at radius 3 is 2.15 bits per heavy atom. The lowest BCUT2D eigenvalue weighted by molar-refractivity contribution is -0.277. The summed E-state index contributed by atoms with van der Waals surface area (Å²) in [6.45, 7) is -0.592. The second kappa shape index (κ2) is 10.4. The highest BCUT2D eigenvalue weighted by Gasteiger charge is 2.45. The van der Waals surface area contributed by atoms with Gasteiger partial charge >= 0.3 is 11.9 Å². The van der Waals surface area contributed by atoms with E-state index in [4.69, 9.17) is 19.3 Å². The first-order valence-corrected chi connectivity index (χ1v) is 9.86. The first kappa shape index (κ1) is 24.8. The van der Waals surface area contributed by atoms with Gasteiger partial charge in [-0.05, 0) is 35.9 Å². The molecule has 1 heterocycles. The minimum absolute atomic E-state index is 0.200. The molecule has 1 fully saturated rings. The maximum Gasteiger partial charge on any atom is 0.338 e. The lowest BCUT2D eigenvalue weighted by atomic mass is 9.99. The molecule has 7 N–H and O–H groups in total. The molecule has 0 aromatic heterocycles. The molecule has 5 atom stereocenters. The molecule has 12 nitrogen and oxygen atoms in total. The Balaban J connectivity index is 1.65. The van der Waals surface area contributed by atoms with Crippen LogP contribution in [-0.2, 0) is 14.3 Å². The number of carbonyl (C=O) groups excluding carboxylic acids is 1. The number of carboxylic acids is 1. The zero-order chi connectivity index (χ0) is 25.0. The second-order valence-electron chi connectivity index (χ2n) is 7.33. The fraction of sp³-hybridized carbons (Fsp3) is 0.273. The molecule has 0 amide bonds. The summed E-state index contributed by atoms with van der Waals surface area (Å²) in [6.07, 6.45) is -5.46. The molecule has 0 aliphatic carbocycles. The number of rotatable bonds is 7. The van der Waals surface area contributed by atoms with Gasteiger partial charge in [0, 0.05) is 6.08 Å². The van der Waals surface area contributed by atoms with Gasteiger partial charge in [0.05, 0.1) is 5.56 Å². The number of benzene rings is 2. The maximum atomic E-state index is 12.2. The monoisotopic (exact) mass is 478 g/mol. The van der Waals surface area contributed by atoms with Crippen LogP contribution in [0, 0.1) is 0 Å². The number of hydrogen-bond donors (Lipinski definition) is 7. The molecule has 2 aromatic carbocycles. The molecule has 2 aromatic rings. The fourth-order valence-corrected chi connectivity index (χ4v) is 3.07.